The lowest BCUT2D eigenvalue weighted by Gasteiger charge is -2.09. The summed E-state index contributed by atoms with van der Waals surface area (Å²) in [6.07, 6.45) is 0. The summed E-state index contributed by atoms with van der Waals surface area (Å²) >= 11 is 8.11. The lowest BCUT2D eigenvalue weighted by molar-refractivity contribution is 0.275. The molecule has 0 radical (unpaired) electrons. The molecule has 72 valence electrons. The van der Waals surface area contributed by atoms with E-state index < -0.39 is 0 Å². The predicted octanol–water partition coefficient (Wildman–Crippen LogP) is 3.79. The first-order chi connectivity index (χ1) is 6.22. The lowest BCUT2D eigenvalue weighted by atomic mass is 10.2. The maximum absolute atomic E-state index is 5.74. The largest absolute Gasteiger partial charge is 0.493 e. The van der Waals surface area contributed by atoms with Crippen molar-refractivity contribution in [2.24, 2.45) is 5.92 Å². The minimum absolute atomic E-state index is 0.594. The molecule has 0 aliphatic heterocycles. The minimum atomic E-state index is 0.594. The standard InChI is InChI=1S/C10H12ClIO/c1-8(6-12)7-13-10-4-2-9(11)3-5-10/h2-5,8H,6-7H2,1H3. The van der Waals surface area contributed by atoms with E-state index in [0.29, 0.717) is 5.92 Å². The molecule has 0 saturated carbocycles. The highest BCUT2D eigenvalue weighted by Gasteiger charge is 2.00. The van der Waals surface area contributed by atoms with Crippen LogP contribution in [0, 0.1) is 5.92 Å². The molecule has 1 aromatic carbocycles. The van der Waals surface area contributed by atoms with E-state index in [2.05, 4.69) is 29.5 Å². The molecule has 0 aliphatic rings. The lowest BCUT2D eigenvalue weighted by Crippen LogP contribution is -2.09. The molecule has 1 unspecified atom stereocenters. The topological polar surface area (TPSA) is 9.23 Å². The van der Waals surface area contributed by atoms with E-state index in [0.717, 1.165) is 21.8 Å². The van der Waals surface area contributed by atoms with Crippen molar-refractivity contribution in [3.63, 3.8) is 0 Å². The highest BCUT2D eigenvalue weighted by molar-refractivity contribution is 14.1. The molecule has 0 N–H and O–H groups in total. The number of ether oxygens (including phenoxy) is 1. The van der Waals surface area contributed by atoms with Gasteiger partial charge in [0.15, 0.2) is 0 Å². The molecule has 1 nitrogen and oxygen atoms in total. The Morgan fingerprint density at radius 2 is 2.00 bits per heavy atom. The number of alkyl halides is 1. The molecule has 0 fully saturated rings. The highest BCUT2D eigenvalue weighted by atomic mass is 127. The fraction of sp³-hybridized carbons (Fsp3) is 0.400. The van der Waals surface area contributed by atoms with Crippen molar-refractivity contribution >= 4 is 34.2 Å². The maximum Gasteiger partial charge on any atom is 0.119 e. The number of benzene rings is 1. The third-order valence-corrected chi connectivity index (χ3v) is 3.37. The predicted molar refractivity (Wildman–Crippen MR) is 65.0 cm³/mol. The second-order valence-electron chi connectivity index (χ2n) is 3.02. The van der Waals surface area contributed by atoms with Gasteiger partial charge < -0.3 is 4.74 Å². The van der Waals surface area contributed by atoms with Gasteiger partial charge in [-0.05, 0) is 30.2 Å². The van der Waals surface area contributed by atoms with Gasteiger partial charge >= 0.3 is 0 Å². The third kappa shape index (κ3) is 4.18. The van der Waals surface area contributed by atoms with E-state index in [9.17, 15) is 0 Å². The van der Waals surface area contributed by atoms with Crippen molar-refractivity contribution in [3.05, 3.63) is 29.3 Å². The van der Waals surface area contributed by atoms with Crippen LogP contribution in [-0.4, -0.2) is 11.0 Å². The van der Waals surface area contributed by atoms with E-state index in [1.807, 2.05) is 24.3 Å². The van der Waals surface area contributed by atoms with Gasteiger partial charge in [-0.15, -0.1) is 0 Å². The Hall–Kier alpha value is 0.0400. The van der Waals surface area contributed by atoms with Crippen molar-refractivity contribution in [1.29, 1.82) is 0 Å². The van der Waals surface area contributed by atoms with Gasteiger partial charge in [0.25, 0.3) is 0 Å². The summed E-state index contributed by atoms with van der Waals surface area (Å²) in [7, 11) is 0. The molecule has 3 heteroatoms. The van der Waals surface area contributed by atoms with Gasteiger partial charge in [-0.25, -0.2) is 0 Å². The second-order valence-corrected chi connectivity index (χ2v) is 4.34. The Labute approximate surface area is 97.6 Å². The summed E-state index contributed by atoms with van der Waals surface area (Å²) < 4.78 is 6.67. The van der Waals surface area contributed by atoms with E-state index >= 15 is 0 Å². The smallest absolute Gasteiger partial charge is 0.119 e. The summed E-state index contributed by atoms with van der Waals surface area (Å²) in [6.45, 7) is 2.94. The Morgan fingerprint density at radius 1 is 1.38 bits per heavy atom. The van der Waals surface area contributed by atoms with Crippen LogP contribution in [0.2, 0.25) is 5.02 Å². The maximum atomic E-state index is 5.74. The SMILES string of the molecule is CC(CI)COc1ccc(Cl)cc1. The molecule has 13 heavy (non-hydrogen) atoms. The van der Waals surface area contributed by atoms with Crippen LogP contribution < -0.4 is 4.74 Å². The molecule has 1 aromatic rings. The van der Waals surface area contributed by atoms with Crippen LogP contribution in [0.15, 0.2) is 24.3 Å². The average molecular weight is 311 g/mol. The van der Waals surface area contributed by atoms with E-state index in [1.54, 1.807) is 0 Å². The zero-order valence-corrected chi connectivity index (χ0v) is 10.4. The third-order valence-electron chi connectivity index (χ3n) is 1.61. The van der Waals surface area contributed by atoms with Crippen LogP contribution in [0.5, 0.6) is 5.75 Å². The molecular weight excluding hydrogens is 298 g/mol. The van der Waals surface area contributed by atoms with Crippen molar-refractivity contribution in [2.75, 3.05) is 11.0 Å². The fourth-order valence-corrected chi connectivity index (χ4v) is 1.19. The number of hydrogen-bond donors (Lipinski definition) is 0. The Morgan fingerprint density at radius 3 is 2.54 bits per heavy atom. The zero-order chi connectivity index (χ0) is 9.68. The number of rotatable bonds is 4. The molecule has 0 spiro atoms. The monoisotopic (exact) mass is 310 g/mol. The molecule has 0 amide bonds. The van der Waals surface area contributed by atoms with Gasteiger partial charge in [0.2, 0.25) is 0 Å². The molecule has 0 saturated heterocycles. The summed E-state index contributed by atoms with van der Waals surface area (Å²) in [4.78, 5) is 0. The molecular formula is C10H12ClIO. The van der Waals surface area contributed by atoms with Crippen molar-refractivity contribution in [1.82, 2.24) is 0 Å². The van der Waals surface area contributed by atoms with Gasteiger partial charge in [0.05, 0.1) is 6.61 Å². The summed E-state index contributed by atoms with van der Waals surface area (Å²) in [5, 5.41) is 0.745. The second kappa shape index (κ2) is 5.70. The molecule has 1 atom stereocenters. The van der Waals surface area contributed by atoms with Crippen molar-refractivity contribution in [2.45, 2.75) is 6.92 Å². The highest BCUT2D eigenvalue weighted by Crippen LogP contribution is 2.16. The quantitative estimate of drug-likeness (QED) is 0.607. The summed E-state index contributed by atoms with van der Waals surface area (Å²) in [5.74, 6) is 1.48. The first kappa shape index (κ1) is 11.1. The first-order valence-corrected chi connectivity index (χ1v) is 6.07. The van der Waals surface area contributed by atoms with Gasteiger partial charge in [-0.3, -0.25) is 0 Å². The molecule has 0 aliphatic carbocycles. The van der Waals surface area contributed by atoms with Crippen molar-refractivity contribution < 1.29 is 4.74 Å². The average Bonchev–Trinajstić information content (AvgIpc) is 2.16. The summed E-state index contributed by atoms with van der Waals surface area (Å²) in [5.41, 5.74) is 0. The Balaban J connectivity index is 2.41. The Kier molecular flexibility index (Phi) is 4.88. The fourth-order valence-electron chi connectivity index (χ4n) is 0.814. The van der Waals surface area contributed by atoms with Crippen LogP contribution >= 0.6 is 34.2 Å². The van der Waals surface area contributed by atoms with Crippen LogP contribution in [-0.2, 0) is 0 Å². The number of halogens is 2. The molecule has 0 aromatic heterocycles. The van der Waals surface area contributed by atoms with E-state index in [4.69, 9.17) is 16.3 Å². The van der Waals surface area contributed by atoms with E-state index in [1.165, 1.54) is 0 Å². The van der Waals surface area contributed by atoms with Crippen LogP contribution in [0.3, 0.4) is 0 Å². The molecule has 1 rings (SSSR count). The Bertz CT molecular complexity index is 248. The first-order valence-electron chi connectivity index (χ1n) is 4.16. The molecule has 0 heterocycles. The van der Waals surface area contributed by atoms with Crippen LogP contribution in [0.1, 0.15) is 6.92 Å². The van der Waals surface area contributed by atoms with Crippen molar-refractivity contribution in [3.8, 4) is 5.75 Å². The van der Waals surface area contributed by atoms with Gasteiger partial charge in [-0.2, -0.15) is 0 Å². The summed E-state index contributed by atoms with van der Waals surface area (Å²) in [6, 6.07) is 7.46. The van der Waals surface area contributed by atoms with Gasteiger partial charge in [0.1, 0.15) is 5.75 Å². The molecule has 0 bridgehead atoms. The van der Waals surface area contributed by atoms with Crippen LogP contribution in [0.25, 0.3) is 0 Å². The minimum Gasteiger partial charge on any atom is -0.493 e. The van der Waals surface area contributed by atoms with Gasteiger partial charge in [-0.1, -0.05) is 41.1 Å². The van der Waals surface area contributed by atoms with E-state index in [-0.39, 0.29) is 0 Å². The van der Waals surface area contributed by atoms with Crippen LogP contribution in [0.4, 0.5) is 0 Å². The number of hydrogen-bond acceptors (Lipinski definition) is 1. The normalized spacial score (nSPS) is 12.5. The van der Waals surface area contributed by atoms with Gasteiger partial charge in [0, 0.05) is 9.45 Å². The zero-order valence-electron chi connectivity index (χ0n) is 7.47.